The monoisotopic (exact) mass is 323 g/mol. The Morgan fingerprint density at radius 1 is 1.37 bits per heavy atom. The molecule has 19 heavy (non-hydrogen) atoms. The Hall–Kier alpha value is -1.75. The first kappa shape index (κ1) is 13.7. The van der Waals surface area contributed by atoms with E-state index in [0.717, 1.165) is 21.3 Å². The van der Waals surface area contributed by atoms with Crippen LogP contribution in [0.25, 0.3) is 0 Å². The van der Waals surface area contributed by atoms with Gasteiger partial charge in [-0.1, -0.05) is 15.9 Å². The standard InChI is InChI=1S/C14H14BrNO3/c1-8-5-11(15)3-4-12(8)16-7-10-6-13(14(17)18)19-9(10)2/h3-6,16H,7H2,1-2H3,(H,17,18). The van der Waals surface area contributed by atoms with Gasteiger partial charge in [-0.3, -0.25) is 0 Å². The van der Waals surface area contributed by atoms with Crippen LogP contribution in [0.4, 0.5) is 5.69 Å². The highest BCUT2D eigenvalue weighted by atomic mass is 79.9. The minimum Gasteiger partial charge on any atom is -0.475 e. The Balaban J connectivity index is 2.12. The van der Waals surface area contributed by atoms with Crippen LogP contribution in [0.15, 0.2) is 33.2 Å². The molecule has 2 N–H and O–H groups in total. The second kappa shape index (κ2) is 5.48. The minimum atomic E-state index is -1.05. The molecular formula is C14H14BrNO3. The molecule has 1 aromatic heterocycles. The fraction of sp³-hybridized carbons (Fsp3) is 0.214. The molecule has 5 heteroatoms. The van der Waals surface area contributed by atoms with Crippen molar-refractivity contribution in [1.82, 2.24) is 0 Å². The van der Waals surface area contributed by atoms with Gasteiger partial charge in [-0.2, -0.15) is 0 Å². The van der Waals surface area contributed by atoms with Gasteiger partial charge < -0.3 is 14.8 Å². The maximum Gasteiger partial charge on any atom is 0.371 e. The summed E-state index contributed by atoms with van der Waals surface area (Å²) in [6.45, 7) is 4.31. The molecule has 1 aromatic carbocycles. The Labute approximate surface area is 119 Å². The fourth-order valence-electron chi connectivity index (χ4n) is 1.82. The van der Waals surface area contributed by atoms with Gasteiger partial charge in [0.15, 0.2) is 0 Å². The lowest BCUT2D eigenvalue weighted by atomic mass is 10.2. The summed E-state index contributed by atoms with van der Waals surface area (Å²) in [4.78, 5) is 10.8. The largest absolute Gasteiger partial charge is 0.475 e. The number of carboxylic acids is 1. The van der Waals surface area contributed by atoms with Crippen molar-refractivity contribution in [1.29, 1.82) is 0 Å². The SMILES string of the molecule is Cc1cc(Br)ccc1NCc1cc(C(=O)O)oc1C. The third-order valence-electron chi connectivity index (χ3n) is 2.89. The number of furan rings is 1. The normalized spacial score (nSPS) is 10.5. The zero-order chi connectivity index (χ0) is 14.0. The average molecular weight is 324 g/mol. The summed E-state index contributed by atoms with van der Waals surface area (Å²) >= 11 is 3.42. The molecule has 4 nitrogen and oxygen atoms in total. The molecule has 0 saturated carbocycles. The van der Waals surface area contributed by atoms with Crippen molar-refractivity contribution in [2.75, 3.05) is 5.32 Å². The first-order chi connectivity index (χ1) is 8.97. The minimum absolute atomic E-state index is 0.0261. The molecule has 0 amide bonds. The molecule has 0 fully saturated rings. The number of nitrogens with one attached hydrogen (secondary N) is 1. The molecule has 0 aliphatic heterocycles. The van der Waals surface area contributed by atoms with Gasteiger partial charge in [-0.25, -0.2) is 4.79 Å². The maximum atomic E-state index is 10.8. The highest BCUT2D eigenvalue weighted by Gasteiger charge is 2.12. The van der Waals surface area contributed by atoms with Crippen molar-refractivity contribution in [3.63, 3.8) is 0 Å². The summed E-state index contributed by atoms with van der Waals surface area (Å²) in [5, 5.41) is 12.1. The van der Waals surface area contributed by atoms with Crippen molar-refractivity contribution in [3.05, 3.63) is 51.4 Å². The second-order valence-corrected chi connectivity index (χ2v) is 5.23. The summed E-state index contributed by atoms with van der Waals surface area (Å²) in [6.07, 6.45) is 0. The molecule has 2 rings (SSSR count). The molecule has 0 saturated heterocycles. The summed E-state index contributed by atoms with van der Waals surface area (Å²) < 4.78 is 6.20. The van der Waals surface area contributed by atoms with Crippen molar-refractivity contribution >= 4 is 27.6 Å². The summed E-state index contributed by atoms with van der Waals surface area (Å²) in [5.74, 6) is -0.448. The summed E-state index contributed by atoms with van der Waals surface area (Å²) in [5.41, 5.74) is 2.98. The Morgan fingerprint density at radius 3 is 2.68 bits per heavy atom. The molecular weight excluding hydrogens is 310 g/mol. The van der Waals surface area contributed by atoms with E-state index >= 15 is 0 Å². The zero-order valence-corrected chi connectivity index (χ0v) is 12.2. The number of anilines is 1. The third-order valence-corrected chi connectivity index (χ3v) is 3.38. The highest BCUT2D eigenvalue weighted by molar-refractivity contribution is 9.10. The van der Waals surface area contributed by atoms with E-state index in [0.29, 0.717) is 12.3 Å². The van der Waals surface area contributed by atoms with E-state index in [1.165, 1.54) is 0 Å². The number of hydrogen-bond donors (Lipinski definition) is 2. The smallest absolute Gasteiger partial charge is 0.371 e. The predicted octanol–water partition coefficient (Wildman–Crippen LogP) is 3.97. The molecule has 0 bridgehead atoms. The van der Waals surface area contributed by atoms with Crippen molar-refractivity contribution in [2.45, 2.75) is 20.4 Å². The number of carbonyl (C=O) groups is 1. The molecule has 0 aliphatic carbocycles. The maximum absolute atomic E-state index is 10.8. The van der Waals surface area contributed by atoms with Crippen molar-refractivity contribution in [3.8, 4) is 0 Å². The molecule has 0 aliphatic rings. The predicted molar refractivity (Wildman–Crippen MR) is 76.6 cm³/mol. The first-order valence-electron chi connectivity index (χ1n) is 5.80. The number of aromatic carboxylic acids is 1. The highest BCUT2D eigenvalue weighted by Crippen LogP contribution is 2.22. The second-order valence-electron chi connectivity index (χ2n) is 4.31. The van der Waals surface area contributed by atoms with Crippen LogP contribution in [0.1, 0.15) is 27.4 Å². The molecule has 0 unspecified atom stereocenters. The third kappa shape index (κ3) is 3.17. The van der Waals surface area contributed by atoms with Crippen LogP contribution in [0.5, 0.6) is 0 Å². The van der Waals surface area contributed by atoms with Crippen molar-refractivity contribution < 1.29 is 14.3 Å². The summed E-state index contributed by atoms with van der Waals surface area (Å²) in [7, 11) is 0. The Kier molecular flexibility index (Phi) is 3.95. The fourth-order valence-corrected chi connectivity index (χ4v) is 2.29. The van der Waals surface area contributed by atoms with Gasteiger partial charge in [0, 0.05) is 22.3 Å². The van der Waals surface area contributed by atoms with Gasteiger partial charge in [0.2, 0.25) is 5.76 Å². The van der Waals surface area contributed by atoms with Gasteiger partial charge in [0.25, 0.3) is 0 Å². The molecule has 1 heterocycles. The topological polar surface area (TPSA) is 62.5 Å². The van der Waals surface area contributed by atoms with E-state index in [4.69, 9.17) is 9.52 Å². The average Bonchev–Trinajstić information content (AvgIpc) is 2.70. The zero-order valence-electron chi connectivity index (χ0n) is 10.7. The molecule has 0 spiro atoms. The van der Waals surface area contributed by atoms with Gasteiger partial charge in [0.05, 0.1) is 0 Å². The Bertz CT molecular complexity index is 619. The molecule has 100 valence electrons. The van der Waals surface area contributed by atoms with E-state index in [2.05, 4.69) is 21.2 Å². The van der Waals surface area contributed by atoms with Crippen LogP contribution in [0.3, 0.4) is 0 Å². The van der Waals surface area contributed by atoms with Crippen molar-refractivity contribution in [2.24, 2.45) is 0 Å². The number of hydrogen-bond acceptors (Lipinski definition) is 3. The number of halogens is 1. The van der Waals surface area contributed by atoms with Crippen LogP contribution >= 0.6 is 15.9 Å². The van der Waals surface area contributed by atoms with Gasteiger partial charge in [-0.05, 0) is 43.7 Å². The Morgan fingerprint density at radius 2 is 2.11 bits per heavy atom. The lowest BCUT2D eigenvalue weighted by molar-refractivity contribution is 0.0661. The quantitative estimate of drug-likeness (QED) is 0.893. The molecule has 0 atom stereocenters. The van der Waals surface area contributed by atoms with Gasteiger partial charge in [-0.15, -0.1) is 0 Å². The van der Waals surface area contributed by atoms with Crippen LogP contribution in [-0.4, -0.2) is 11.1 Å². The van der Waals surface area contributed by atoms with E-state index in [-0.39, 0.29) is 5.76 Å². The number of rotatable bonds is 4. The van der Waals surface area contributed by atoms with E-state index in [9.17, 15) is 4.79 Å². The molecule has 2 aromatic rings. The number of benzene rings is 1. The lowest BCUT2D eigenvalue weighted by Gasteiger charge is -2.09. The lowest BCUT2D eigenvalue weighted by Crippen LogP contribution is -2.01. The summed E-state index contributed by atoms with van der Waals surface area (Å²) in [6, 6.07) is 7.51. The van der Waals surface area contributed by atoms with Crippen LogP contribution in [0.2, 0.25) is 0 Å². The van der Waals surface area contributed by atoms with Crippen LogP contribution in [-0.2, 0) is 6.54 Å². The van der Waals surface area contributed by atoms with Gasteiger partial charge >= 0.3 is 5.97 Å². The number of carboxylic acid groups (broad SMARTS) is 1. The van der Waals surface area contributed by atoms with E-state index < -0.39 is 5.97 Å². The van der Waals surface area contributed by atoms with Crippen LogP contribution < -0.4 is 5.32 Å². The van der Waals surface area contributed by atoms with E-state index in [1.807, 2.05) is 25.1 Å². The molecule has 0 radical (unpaired) electrons. The van der Waals surface area contributed by atoms with Gasteiger partial charge in [0.1, 0.15) is 5.76 Å². The first-order valence-corrected chi connectivity index (χ1v) is 6.59. The number of aryl methyl sites for hydroxylation is 2. The van der Waals surface area contributed by atoms with E-state index in [1.54, 1.807) is 13.0 Å². The van der Waals surface area contributed by atoms with Crippen LogP contribution in [0, 0.1) is 13.8 Å².